The maximum absolute atomic E-state index is 5.64. The number of benzene rings is 1. The Morgan fingerprint density at radius 1 is 1.00 bits per heavy atom. The van der Waals surface area contributed by atoms with Gasteiger partial charge in [0.1, 0.15) is 0 Å². The molecular formula is C15H16Cl3N2O+. The molecule has 3 nitrogen and oxygen atoms in total. The van der Waals surface area contributed by atoms with Crippen LogP contribution in [0, 0.1) is 0 Å². The average Bonchev–Trinajstić information content (AvgIpc) is 2.46. The van der Waals surface area contributed by atoms with Crippen molar-refractivity contribution in [1.82, 2.24) is 0 Å². The lowest BCUT2D eigenvalue weighted by atomic mass is 10.2. The van der Waals surface area contributed by atoms with Crippen molar-refractivity contribution in [2.75, 3.05) is 0 Å². The fourth-order valence-corrected chi connectivity index (χ4v) is 1.95. The molecule has 2 rings (SSSR count). The van der Waals surface area contributed by atoms with Crippen LogP contribution < -0.4 is 10.3 Å². The van der Waals surface area contributed by atoms with E-state index in [4.69, 9.17) is 45.3 Å². The lowest BCUT2D eigenvalue weighted by molar-refractivity contribution is -0.688. The van der Waals surface area contributed by atoms with E-state index in [1.807, 2.05) is 42.7 Å². The van der Waals surface area contributed by atoms with E-state index in [0.29, 0.717) is 6.61 Å². The van der Waals surface area contributed by atoms with Crippen LogP contribution in [0.15, 0.2) is 54.9 Å². The summed E-state index contributed by atoms with van der Waals surface area (Å²) in [5, 5.41) is 0. The predicted molar refractivity (Wildman–Crippen MR) is 85.2 cm³/mol. The summed E-state index contributed by atoms with van der Waals surface area (Å²) < 4.78 is 5.78. The van der Waals surface area contributed by atoms with Crippen molar-refractivity contribution in [3.05, 3.63) is 66.0 Å². The molecule has 21 heavy (non-hydrogen) atoms. The minimum absolute atomic E-state index is 0.293. The molecule has 0 saturated carbocycles. The molecule has 2 N–H and O–H groups in total. The van der Waals surface area contributed by atoms with Gasteiger partial charge in [-0.05, 0) is 5.56 Å². The van der Waals surface area contributed by atoms with Crippen LogP contribution in [-0.2, 0) is 17.9 Å². The Balaban J connectivity index is 1.90. The van der Waals surface area contributed by atoms with Crippen molar-refractivity contribution in [1.29, 1.82) is 0 Å². The van der Waals surface area contributed by atoms with Crippen LogP contribution in [0.3, 0.4) is 0 Å². The van der Waals surface area contributed by atoms with Gasteiger partial charge in [-0.3, -0.25) is 0 Å². The standard InChI is InChI=1S/C15H16Cl3N2O/c16-15(17,18)14(19)21-11-13-6-8-20(9-7-13)10-12-4-2-1-3-5-12/h1-9,14H,10-11,19H2/q+1. The van der Waals surface area contributed by atoms with Crippen LogP contribution in [0.5, 0.6) is 0 Å². The van der Waals surface area contributed by atoms with Gasteiger partial charge in [0, 0.05) is 17.7 Å². The zero-order valence-corrected chi connectivity index (χ0v) is 13.5. The molecule has 1 aromatic heterocycles. The van der Waals surface area contributed by atoms with E-state index >= 15 is 0 Å². The number of alkyl halides is 3. The molecule has 2 aromatic rings. The van der Waals surface area contributed by atoms with Crippen LogP contribution in [0.4, 0.5) is 0 Å². The van der Waals surface area contributed by atoms with Crippen LogP contribution in [0.25, 0.3) is 0 Å². The van der Waals surface area contributed by atoms with E-state index in [1.165, 1.54) is 5.56 Å². The molecule has 0 fully saturated rings. The molecule has 1 atom stereocenters. The first-order valence-electron chi connectivity index (χ1n) is 6.41. The summed E-state index contributed by atoms with van der Waals surface area (Å²) in [5.41, 5.74) is 7.81. The molecule has 1 unspecified atom stereocenters. The van der Waals surface area contributed by atoms with E-state index < -0.39 is 10.0 Å². The molecule has 112 valence electrons. The zero-order chi connectivity index (χ0) is 15.3. The molecule has 0 amide bonds. The van der Waals surface area contributed by atoms with Gasteiger partial charge >= 0.3 is 0 Å². The maximum atomic E-state index is 5.64. The number of hydrogen-bond donors (Lipinski definition) is 1. The second kappa shape index (κ2) is 7.43. The molecule has 6 heteroatoms. The van der Waals surface area contributed by atoms with Crippen LogP contribution in [0.2, 0.25) is 0 Å². The summed E-state index contributed by atoms with van der Waals surface area (Å²) in [4.78, 5) is 0. The molecule has 0 aliphatic rings. The molecule has 0 aliphatic carbocycles. The average molecular weight is 347 g/mol. The minimum Gasteiger partial charge on any atom is -0.354 e. The van der Waals surface area contributed by atoms with Crippen molar-refractivity contribution in [3.8, 4) is 0 Å². The Kier molecular flexibility index (Phi) is 5.85. The zero-order valence-electron chi connectivity index (χ0n) is 11.3. The Bertz CT molecular complexity index is 555. The molecular weight excluding hydrogens is 331 g/mol. The first kappa shape index (κ1) is 16.5. The van der Waals surface area contributed by atoms with Crippen molar-refractivity contribution in [2.45, 2.75) is 23.2 Å². The van der Waals surface area contributed by atoms with E-state index in [1.54, 1.807) is 0 Å². The number of hydrogen-bond acceptors (Lipinski definition) is 2. The van der Waals surface area contributed by atoms with Crippen molar-refractivity contribution in [3.63, 3.8) is 0 Å². The number of halogens is 3. The highest BCUT2D eigenvalue weighted by molar-refractivity contribution is 6.68. The minimum atomic E-state index is -1.62. The predicted octanol–water partition coefficient (Wildman–Crippen LogP) is 3.19. The summed E-state index contributed by atoms with van der Waals surface area (Å²) in [6.07, 6.45) is 3.00. The van der Waals surface area contributed by atoms with E-state index in [2.05, 4.69) is 16.7 Å². The van der Waals surface area contributed by atoms with Gasteiger partial charge in [-0.25, -0.2) is 4.57 Å². The number of rotatable bonds is 5. The number of ether oxygens (including phenoxy) is 1. The Morgan fingerprint density at radius 3 is 2.19 bits per heavy atom. The number of nitrogens with two attached hydrogens (primary N) is 1. The Morgan fingerprint density at radius 2 is 1.62 bits per heavy atom. The Labute approximate surface area is 139 Å². The van der Waals surface area contributed by atoms with Crippen LogP contribution >= 0.6 is 34.8 Å². The van der Waals surface area contributed by atoms with Gasteiger partial charge in [0.05, 0.1) is 6.61 Å². The third-order valence-electron chi connectivity index (χ3n) is 2.92. The maximum Gasteiger partial charge on any atom is 0.229 e. The van der Waals surface area contributed by atoms with Crippen LogP contribution in [-0.4, -0.2) is 10.0 Å². The number of pyridine rings is 1. The van der Waals surface area contributed by atoms with E-state index in [-0.39, 0.29) is 0 Å². The first-order valence-corrected chi connectivity index (χ1v) is 7.54. The fourth-order valence-electron chi connectivity index (χ4n) is 1.76. The quantitative estimate of drug-likeness (QED) is 0.513. The lowest BCUT2D eigenvalue weighted by Crippen LogP contribution is -2.37. The molecule has 0 aliphatic heterocycles. The van der Waals surface area contributed by atoms with Gasteiger partial charge in [0.2, 0.25) is 3.79 Å². The summed E-state index contributed by atoms with van der Waals surface area (Å²) in [5.74, 6) is 0. The summed E-state index contributed by atoms with van der Waals surface area (Å²) in [7, 11) is 0. The van der Waals surface area contributed by atoms with Crippen molar-refractivity contribution < 1.29 is 9.30 Å². The molecule has 0 spiro atoms. The van der Waals surface area contributed by atoms with Gasteiger partial charge in [-0.1, -0.05) is 65.1 Å². The van der Waals surface area contributed by atoms with Gasteiger partial charge < -0.3 is 10.5 Å². The third kappa shape index (κ3) is 5.46. The van der Waals surface area contributed by atoms with Crippen molar-refractivity contribution >= 4 is 34.8 Å². The first-order chi connectivity index (χ1) is 9.95. The highest BCUT2D eigenvalue weighted by Gasteiger charge is 2.30. The molecule has 1 heterocycles. The smallest absolute Gasteiger partial charge is 0.229 e. The SMILES string of the molecule is NC(OCc1cc[n+](Cc2ccccc2)cc1)C(Cl)(Cl)Cl. The number of nitrogens with zero attached hydrogens (tertiary/aromatic N) is 1. The normalized spacial score (nSPS) is 13.1. The molecule has 0 saturated heterocycles. The second-order valence-electron chi connectivity index (χ2n) is 4.64. The number of aromatic nitrogens is 1. The van der Waals surface area contributed by atoms with Crippen LogP contribution in [0.1, 0.15) is 11.1 Å². The van der Waals surface area contributed by atoms with E-state index in [9.17, 15) is 0 Å². The largest absolute Gasteiger partial charge is 0.354 e. The second-order valence-corrected chi connectivity index (χ2v) is 7.01. The highest BCUT2D eigenvalue weighted by atomic mass is 35.6. The highest BCUT2D eigenvalue weighted by Crippen LogP contribution is 2.29. The molecule has 0 bridgehead atoms. The van der Waals surface area contributed by atoms with Crippen molar-refractivity contribution in [2.24, 2.45) is 5.73 Å². The van der Waals surface area contributed by atoms with Gasteiger partial charge in [0.15, 0.2) is 25.2 Å². The monoisotopic (exact) mass is 345 g/mol. The fraction of sp³-hybridized carbons (Fsp3) is 0.267. The summed E-state index contributed by atoms with van der Waals surface area (Å²) in [6, 6.07) is 14.1. The van der Waals surface area contributed by atoms with Gasteiger partial charge in [0.25, 0.3) is 0 Å². The summed E-state index contributed by atoms with van der Waals surface area (Å²) in [6.45, 7) is 1.11. The third-order valence-corrected chi connectivity index (χ3v) is 3.57. The molecule has 1 aromatic carbocycles. The topological polar surface area (TPSA) is 39.1 Å². The lowest BCUT2D eigenvalue weighted by Gasteiger charge is -2.20. The Hall–Kier alpha value is -0.840. The van der Waals surface area contributed by atoms with E-state index in [0.717, 1.165) is 12.1 Å². The van der Waals surface area contributed by atoms with Gasteiger partial charge in [-0.2, -0.15) is 0 Å². The van der Waals surface area contributed by atoms with Gasteiger partial charge in [-0.15, -0.1) is 0 Å². The molecule has 0 radical (unpaired) electrons. The summed E-state index contributed by atoms with van der Waals surface area (Å²) >= 11 is 16.9.